The van der Waals surface area contributed by atoms with E-state index in [2.05, 4.69) is 14.9 Å². The van der Waals surface area contributed by atoms with Gasteiger partial charge in [-0.1, -0.05) is 23.7 Å². The molecule has 7 heteroatoms. The molecule has 28 heavy (non-hydrogen) atoms. The van der Waals surface area contributed by atoms with E-state index >= 15 is 0 Å². The van der Waals surface area contributed by atoms with Crippen LogP contribution in [0.5, 0.6) is 0 Å². The molecule has 1 aromatic carbocycles. The van der Waals surface area contributed by atoms with Crippen LogP contribution in [0.2, 0.25) is 5.02 Å². The van der Waals surface area contributed by atoms with Gasteiger partial charge in [0.15, 0.2) is 0 Å². The highest BCUT2D eigenvalue weighted by molar-refractivity contribution is 6.30. The van der Waals surface area contributed by atoms with E-state index in [1.807, 2.05) is 43.0 Å². The van der Waals surface area contributed by atoms with Crippen molar-refractivity contribution in [3.63, 3.8) is 0 Å². The topological polar surface area (TPSA) is 58.6 Å². The summed E-state index contributed by atoms with van der Waals surface area (Å²) < 4.78 is 5.82. The molecule has 0 aliphatic carbocycles. The number of halogens is 1. The summed E-state index contributed by atoms with van der Waals surface area (Å²) >= 11 is 6.04. The minimum Gasteiger partial charge on any atom is -0.372 e. The van der Waals surface area contributed by atoms with Crippen LogP contribution < -0.4 is 4.90 Å². The number of carbonyl (C=O) groups is 1. The third kappa shape index (κ3) is 3.84. The molecule has 0 bridgehead atoms. The second-order valence-corrected chi connectivity index (χ2v) is 8.41. The van der Waals surface area contributed by atoms with Crippen LogP contribution in [0.4, 0.5) is 5.82 Å². The monoisotopic (exact) mass is 400 g/mol. The Bertz CT molecular complexity index is 814. The molecule has 2 saturated heterocycles. The summed E-state index contributed by atoms with van der Waals surface area (Å²) in [6, 6.07) is 7.78. The molecule has 2 aliphatic heterocycles. The predicted molar refractivity (Wildman–Crippen MR) is 108 cm³/mol. The lowest BCUT2D eigenvalue weighted by atomic mass is 9.73. The third-order valence-corrected chi connectivity index (χ3v) is 5.73. The summed E-state index contributed by atoms with van der Waals surface area (Å²) in [6.45, 7) is 6.58. The lowest BCUT2D eigenvalue weighted by Gasteiger charge is -2.52. The summed E-state index contributed by atoms with van der Waals surface area (Å²) in [6.07, 6.45) is 5.87. The molecule has 2 atom stereocenters. The number of hydrogen-bond donors (Lipinski definition) is 0. The second kappa shape index (κ2) is 7.68. The molecule has 0 N–H and O–H groups in total. The fraction of sp³-hybridized carbons (Fsp3) is 0.476. The first-order valence-corrected chi connectivity index (χ1v) is 10.0. The number of aromatic nitrogens is 2. The number of nitrogens with zero attached hydrogens (tertiary/aromatic N) is 4. The first-order chi connectivity index (χ1) is 13.4. The normalized spacial score (nSPS) is 24.0. The lowest BCUT2D eigenvalue weighted by Crippen LogP contribution is -2.66. The average Bonchev–Trinajstić information content (AvgIpc) is 2.65. The first-order valence-electron chi connectivity index (χ1n) is 9.65. The van der Waals surface area contributed by atoms with Gasteiger partial charge in [-0.25, -0.2) is 4.98 Å². The van der Waals surface area contributed by atoms with Crippen molar-refractivity contribution in [2.75, 3.05) is 31.1 Å². The Morgan fingerprint density at radius 2 is 1.86 bits per heavy atom. The van der Waals surface area contributed by atoms with Crippen LogP contribution in [0.1, 0.15) is 19.4 Å². The molecule has 2 aromatic rings. The number of carbonyl (C=O) groups excluding carboxylic acids is 1. The van der Waals surface area contributed by atoms with Crippen LogP contribution in [0.25, 0.3) is 0 Å². The summed E-state index contributed by atoms with van der Waals surface area (Å²) in [5.41, 5.74) is 0.646. The van der Waals surface area contributed by atoms with Crippen LogP contribution in [0.3, 0.4) is 0 Å². The van der Waals surface area contributed by atoms with Crippen LogP contribution >= 0.6 is 11.6 Å². The molecule has 3 heterocycles. The van der Waals surface area contributed by atoms with Crippen molar-refractivity contribution in [3.8, 4) is 0 Å². The second-order valence-electron chi connectivity index (χ2n) is 7.97. The number of anilines is 1. The molecular weight excluding hydrogens is 376 g/mol. The minimum absolute atomic E-state index is 0.0523. The molecule has 1 amide bonds. The molecular formula is C21H25ClN4O2. The van der Waals surface area contributed by atoms with E-state index in [0.29, 0.717) is 37.6 Å². The van der Waals surface area contributed by atoms with Crippen LogP contribution in [-0.2, 0) is 16.0 Å². The molecule has 4 rings (SSSR count). The van der Waals surface area contributed by atoms with Crippen molar-refractivity contribution in [2.45, 2.75) is 32.5 Å². The van der Waals surface area contributed by atoms with E-state index in [-0.39, 0.29) is 18.1 Å². The summed E-state index contributed by atoms with van der Waals surface area (Å²) in [5, 5.41) is 0.703. The van der Waals surface area contributed by atoms with Gasteiger partial charge in [-0.15, -0.1) is 0 Å². The van der Waals surface area contributed by atoms with Gasteiger partial charge in [-0.05, 0) is 38.0 Å². The fourth-order valence-electron chi connectivity index (χ4n) is 4.30. The largest absolute Gasteiger partial charge is 0.372 e. The molecule has 0 unspecified atom stereocenters. The van der Waals surface area contributed by atoms with Gasteiger partial charge in [0, 0.05) is 43.6 Å². The summed E-state index contributed by atoms with van der Waals surface area (Å²) in [5.74, 6) is 1.01. The van der Waals surface area contributed by atoms with Crippen LogP contribution in [-0.4, -0.2) is 59.2 Å². The van der Waals surface area contributed by atoms with Gasteiger partial charge in [0.2, 0.25) is 5.91 Å². The molecule has 148 valence electrons. The van der Waals surface area contributed by atoms with Crippen molar-refractivity contribution in [1.82, 2.24) is 14.9 Å². The van der Waals surface area contributed by atoms with Gasteiger partial charge >= 0.3 is 0 Å². The highest BCUT2D eigenvalue weighted by Crippen LogP contribution is 2.39. The highest BCUT2D eigenvalue weighted by Gasteiger charge is 2.52. The van der Waals surface area contributed by atoms with E-state index in [4.69, 9.17) is 16.3 Å². The SMILES string of the molecule is C[C@@H]1CN(C(=O)C2(Cc3ccc(Cl)cc3)CN(c3cnccn3)C2)C[C@H](C)O1. The quantitative estimate of drug-likeness (QED) is 0.789. The Balaban J connectivity index is 1.57. The van der Waals surface area contributed by atoms with Crippen molar-refractivity contribution < 1.29 is 9.53 Å². The van der Waals surface area contributed by atoms with E-state index in [1.165, 1.54) is 0 Å². The zero-order valence-electron chi connectivity index (χ0n) is 16.2. The number of ether oxygens (including phenoxy) is 1. The van der Waals surface area contributed by atoms with Gasteiger partial charge in [-0.2, -0.15) is 0 Å². The maximum Gasteiger partial charge on any atom is 0.232 e. The molecule has 2 aliphatic rings. The number of amides is 1. The Morgan fingerprint density at radius 1 is 1.18 bits per heavy atom. The Hall–Kier alpha value is -2.18. The molecule has 0 saturated carbocycles. The van der Waals surface area contributed by atoms with E-state index in [1.54, 1.807) is 18.6 Å². The Labute approximate surface area is 170 Å². The smallest absolute Gasteiger partial charge is 0.232 e. The number of benzene rings is 1. The van der Waals surface area contributed by atoms with Crippen LogP contribution in [0, 0.1) is 5.41 Å². The Kier molecular flexibility index (Phi) is 5.25. The standard InChI is InChI=1S/C21H25ClN4O2/c1-15-11-25(12-16(2)28-15)20(27)21(9-17-3-5-18(22)6-4-17)13-26(14-21)19-10-23-7-8-24-19/h3-8,10,15-16H,9,11-14H2,1-2H3/t15-,16+. The van der Waals surface area contributed by atoms with E-state index < -0.39 is 5.41 Å². The van der Waals surface area contributed by atoms with Gasteiger partial charge < -0.3 is 14.5 Å². The lowest BCUT2D eigenvalue weighted by molar-refractivity contribution is -0.155. The fourth-order valence-corrected chi connectivity index (χ4v) is 4.42. The number of morpholine rings is 1. The van der Waals surface area contributed by atoms with Crippen molar-refractivity contribution in [3.05, 3.63) is 53.4 Å². The maximum absolute atomic E-state index is 13.6. The van der Waals surface area contributed by atoms with Crippen molar-refractivity contribution in [2.24, 2.45) is 5.41 Å². The summed E-state index contributed by atoms with van der Waals surface area (Å²) in [4.78, 5) is 26.3. The van der Waals surface area contributed by atoms with Gasteiger partial charge in [0.25, 0.3) is 0 Å². The summed E-state index contributed by atoms with van der Waals surface area (Å²) in [7, 11) is 0. The van der Waals surface area contributed by atoms with Gasteiger partial charge in [0.1, 0.15) is 5.82 Å². The average molecular weight is 401 g/mol. The maximum atomic E-state index is 13.6. The molecule has 0 spiro atoms. The molecule has 1 aromatic heterocycles. The van der Waals surface area contributed by atoms with E-state index in [9.17, 15) is 4.79 Å². The first kappa shape index (κ1) is 19.2. The van der Waals surface area contributed by atoms with Gasteiger partial charge in [0.05, 0.1) is 23.8 Å². The minimum atomic E-state index is -0.470. The van der Waals surface area contributed by atoms with Gasteiger partial charge in [-0.3, -0.25) is 9.78 Å². The molecule has 0 radical (unpaired) electrons. The number of rotatable bonds is 4. The third-order valence-electron chi connectivity index (χ3n) is 5.48. The highest BCUT2D eigenvalue weighted by atomic mass is 35.5. The zero-order valence-corrected chi connectivity index (χ0v) is 17.0. The zero-order chi connectivity index (χ0) is 19.7. The Morgan fingerprint density at radius 3 is 2.46 bits per heavy atom. The molecule has 6 nitrogen and oxygen atoms in total. The van der Waals surface area contributed by atoms with Crippen LogP contribution in [0.15, 0.2) is 42.9 Å². The predicted octanol–water partition coefficient (Wildman–Crippen LogP) is 2.81. The van der Waals surface area contributed by atoms with E-state index in [0.717, 1.165) is 11.4 Å². The molecule has 2 fully saturated rings. The van der Waals surface area contributed by atoms with Crippen molar-refractivity contribution in [1.29, 1.82) is 0 Å². The van der Waals surface area contributed by atoms with Crippen molar-refractivity contribution >= 4 is 23.3 Å². The number of hydrogen-bond acceptors (Lipinski definition) is 5.